The van der Waals surface area contributed by atoms with Gasteiger partial charge in [-0.25, -0.2) is 4.98 Å². The number of aromatic nitrogens is 1. The van der Waals surface area contributed by atoms with E-state index in [2.05, 4.69) is 45.8 Å². The number of anilines is 1. The van der Waals surface area contributed by atoms with Crippen LogP contribution in [-0.4, -0.2) is 37.0 Å². The number of carbonyl (C=O) groups is 1. The molecule has 1 aromatic heterocycles. The second-order valence-electron chi connectivity index (χ2n) is 6.63. The standard InChI is InChI=1S/C20H27N5OS/c1-4-16-13(2)27-19(25-16)9-10-22-20(21-3)23-12-14-11-18(26)24-17-8-6-5-7-15(14)17/h5-8,14H,4,9-12H2,1-3H3,(H,24,26)(H2,21,22,23). The Hall–Kier alpha value is -2.41. The van der Waals surface area contributed by atoms with Crippen molar-refractivity contribution < 1.29 is 4.79 Å². The number of thiazole rings is 1. The number of benzene rings is 1. The maximum absolute atomic E-state index is 11.9. The summed E-state index contributed by atoms with van der Waals surface area (Å²) in [5, 5.41) is 10.8. The second kappa shape index (κ2) is 8.99. The zero-order chi connectivity index (χ0) is 19.2. The van der Waals surface area contributed by atoms with Gasteiger partial charge in [-0.3, -0.25) is 9.79 Å². The van der Waals surface area contributed by atoms with Crippen LogP contribution in [0.4, 0.5) is 5.69 Å². The van der Waals surface area contributed by atoms with Gasteiger partial charge in [0.2, 0.25) is 5.91 Å². The molecule has 1 aliphatic rings. The van der Waals surface area contributed by atoms with E-state index < -0.39 is 0 Å². The number of nitrogens with one attached hydrogen (secondary N) is 3. The number of para-hydroxylation sites is 1. The summed E-state index contributed by atoms with van der Waals surface area (Å²) in [4.78, 5) is 22.2. The highest BCUT2D eigenvalue weighted by Gasteiger charge is 2.24. The van der Waals surface area contributed by atoms with E-state index in [9.17, 15) is 4.79 Å². The molecule has 1 atom stereocenters. The smallest absolute Gasteiger partial charge is 0.225 e. The molecule has 0 radical (unpaired) electrons. The fourth-order valence-corrected chi connectivity index (χ4v) is 4.36. The topological polar surface area (TPSA) is 78.4 Å². The first kappa shape index (κ1) is 19.4. The van der Waals surface area contributed by atoms with Crippen LogP contribution in [0.5, 0.6) is 0 Å². The number of rotatable bonds is 6. The Morgan fingerprint density at radius 1 is 1.37 bits per heavy atom. The van der Waals surface area contributed by atoms with E-state index in [-0.39, 0.29) is 11.8 Å². The van der Waals surface area contributed by atoms with Gasteiger partial charge < -0.3 is 16.0 Å². The van der Waals surface area contributed by atoms with Gasteiger partial charge in [0, 0.05) is 49.5 Å². The van der Waals surface area contributed by atoms with Gasteiger partial charge in [0.15, 0.2) is 5.96 Å². The van der Waals surface area contributed by atoms with E-state index >= 15 is 0 Å². The summed E-state index contributed by atoms with van der Waals surface area (Å²) in [7, 11) is 1.76. The van der Waals surface area contributed by atoms with Gasteiger partial charge in [0.25, 0.3) is 0 Å². The van der Waals surface area contributed by atoms with Crippen molar-refractivity contribution in [2.75, 3.05) is 25.5 Å². The second-order valence-corrected chi connectivity index (χ2v) is 7.92. The average Bonchev–Trinajstić information content (AvgIpc) is 3.03. The molecule has 1 aromatic carbocycles. The lowest BCUT2D eigenvalue weighted by Crippen LogP contribution is -2.41. The minimum Gasteiger partial charge on any atom is -0.356 e. The fraction of sp³-hybridized carbons (Fsp3) is 0.450. The first-order valence-electron chi connectivity index (χ1n) is 9.39. The number of hydrogen-bond donors (Lipinski definition) is 3. The van der Waals surface area contributed by atoms with Gasteiger partial charge in [0.1, 0.15) is 0 Å². The van der Waals surface area contributed by atoms with Gasteiger partial charge in [-0.15, -0.1) is 11.3 Å². The van der Waals surface area contributed by atoms with Crippen molar-refractivity contribution in [2.45, 2.75) is 39.0 Å². The predicted molar refractivity (Wildman–Crippen MR) is 112 cm³/mol. The van der Waals surface area contributed by atoms with Crippen molar-refractivity contribution in [1.82, 2.24) is 15.6 Å². The molecular weight excluding hydrogens is 358 g/mol. The fourth-order valence-electron chi connectivity index (χ4n) is 3.33. The van der Waals surface area contributed by atoms with Crippen LogP contribution in [0.1, 0.15) is 40.4 Å². The van der Waals surface area contributed by atoms with Gasteiger partial charge in [-0.05, 0) is 25.0 Å². The monoisotopic (exact) mass is 385 g/mol. The van der Waals surface area contributed by atoms with Crippen molar-refractivity contribution in [1.29, 1.82) is 0 Å². The molecule has 0 saturated carbocycles. The molecule has 2 heterocycles. The van der Waals surface area contributed by atoms with Gasteiger partial charge in [0.05, 0.1) is 10.7 Å². The Balaban J connectivity index is 1.51. The molecule has 3 rings (SSSR count). The van der Waals surface area contributed by atoms with E-state index in [1.54, 1.807) is 18.4 Å². The van der Waals surface area contributed by atoms with E-state index in [4.69, 9.17) is 0 Å². The average molecular weight is 386 g/mol. The maximum atomic E-state index is 11.9. The first-order valence-corrected chi connectivity index (χ1v) is 10.2. The number of nitrogens with zero attached hydrogens (tertiary/aromatic N) is 2. The Morgan fingerprint density at radius 2 is 2.19 bits per heavy atom. The van der Waals surface area contributed by atoms with E-state index in [1.165, 1.54) is 16.1 Å². The third-order valence-corrected chi connectivity index (χ3v) is 5.82. The third-order valence-electron chi connectivity index (χ3n) is 4.75. The predicted octanol–water partition coefficient (Wildman–Crippen LogP) is 2.85. The van der Waals surface area contributed by atoms with Crippen molar-refractivity contribution in [3.8, 4) is 0 Å². The van der Waals surface area contributed by atoms with Crippen molar-refractivity contribution in [3.63, 3.8) is 0 Å². The molecule has 1 aliphatic heterocycles. The summed E-state index contributed by atoms with van der Waals surface area (Å²) in [5.41, 5.74) is 3.28. The molecule has 3 N–H and O–H groups in total. The lowest BCUT2D eigenvalue weighted by molar-refractivity contribution is -0.116. The Bertz CT molecular complexity index is 830. The highest BCUT2D eigenvalue weighted by Crippen LogP contribution is 2.31. The number of hydrogen-bond acceptors (Lipinski definition) is 4. The van der Waals surface area contributed by atoms with Crippen molar-refractivity contribution in [3.05, 3.63) is 45.4 Å². The SMILES string of the molecule is CCc1nc(CCNC(=NC)NCC2CC(=O)Nc3ccccc32)sc1C. The zero-order valence-corrected chi connectivity index (χ0v) is 16.9. The summed E-state index contributed by atoms with van der Waals surface area (Å²) in [6.07, 6.45) is 2.34. The molecule has 0 spiro atoms. The van der Waals surface area contributed by atoms with Crippen LogP contribution in [0.25, 0.3) is 0 Å². The third kappa shape index (κ3) is 4.86. The number of guanidine groups is 1. The molecule has 0 aliphatic carbocycles. The highest BCUT2D eigenvalue weighted by atomic mass is 32.1. The van der Waals surface area contributed by atoms with Crippen LogP contribution in [0.15, 0.2) is 29.3 Å². The lowest BCUT2D eigenvalue weighted by Gasteiger charge is -2.26. The van der Waals surface area contributed by atoms with Gasteiger partial charge >= 0.3 is 0 Å². The minimum absolute atomic E-state index is 0.0642. The molecule has 1 amide bonds. The quantitative estimate of drug-likeness (QED) is 0.528. The molecule has 0 fully saturated rings. The molecule has 27 heavy (non-hydrogen) atoms. The van der Waals surface area contributed by atoms with Gasteiger partial charge in [-0.2, -0.15) is 0 Å². The van der Waals surface area contributed by atoms with Crippen LogP contribution in [0.2, 0.25) is 0 Å². The summed E-state index contributed by atoms with van der Waals surface area (Å²) < 4.78 is 0. The van der Waals surface area contributed by atoms with Crippen LogP contribution in [-0.2, 0) is 17.6 Å². The molecule has 7 heteroatoms. The molecular formula is C20H27N5OS. The van der Waals surface area contributed by atoms with E-state index in [0.29, 0.717) is 13.0 Å². The summed E-state index contributed by atoms with van der Waals surface area (Å²) >= 11 is 1.77. The maximum Gasteiger partial charge on any atom is 0.225 e. The zero-order valence-electron chi connectivity index (χ0n) is 16.1. The number of aliphatic imine (C=N–C) groups is 1. The molecule has 1 unspecified atom stereocenters. The summed E-state index contributed by atoms with van der Waals surface area (Å²) in [6.45, 7) is 5.71. The molecule has 0 saturated heterocycles. The lowest BCUT2D eigenvalue weighted by atomic mass is 9.90. The largest absolute Gasteiger partial charge is 0.356 e. The van der Waals surface area contributed by atoms with Crippen LogP contribution >= 0.6 is 11.3 Å². The van der Waals surface area contributed by atoms with Crippen LogP contribution < -0.4 is 16.0 Å². The van der Waals surface area contributed by atoms with Crippen molar-refractivity contribution in [2.24, 2.45) is 4.99 Å². The van der Waals surface area contributed by atoms with Crippen LogP contribution in [0.3, 0.4) is 0 Å². The number of aryl methyl sites for hydroxylation is 2. The molecule has 6 nitrogen and oxygen atoms in total. The Kier molecular flexibility index (Phi) is 6.45. The van der Waals surface area contributed by atoms with E-state index in [0.717, 1.165) is 36.0 Å². The van der Waals surface area contributed by atoms with Crippen LogP contribution in [0, 0.1) is 6.92 Å². The number of carbonyl (C=O) groups excluding carboxylic acids is 1. The van der Waals surface area contributed by atoms with E-state index in [1.807, 2.05) is 18.2 Å². The molecule has 2 aromatic rings. The normalized spacial score (nSPS) is 16.6. The number of amides is 1. The summed E-state index contributed by atoms with van der Waals surface area (Å²) in [5.74, 6) is 0.957. The Morgan fingerprint density at radius 3 is 2.93 bits per heavy atom. The van der Waals surface area contributed by atoms with Crippen molar-refractivity contribution >= 4 is 28.9 Å². The minimum atomic E-state index is 0.0642. The summed E-state index contributed by atoms with van der Waals surface area (Å²) in [6, 6.07) is 7.98. The molecule has 144 valence electrons. The Labute approximate surface area is 164 Å². The first-order chi connectivity index (χ1) is 13.1. The van der Waals surface area contributed by atoms with Gasteiger partial charge in [-0.1, -0.05) is 25.1 Å². The number of fused-ring (bicyclic) bond motifs is 1. The highest BCUT2D eigenvalue weighted by molar-refractivity contribution is 7.11. The molecule has 0 bridgehead atoms.